The van der Waals surface area contributed by atoms with Gasteiger partial charge in [0.1, 0.15) is 17.0 Å². The van der Waals surface area contributed by atoms with E-state index in [0.29, 0.717) is 36.1 Å². The normalized spacial score (nSPS) is 18.3. The predicted octanol–water partition coefficient (Wildman–Crippen LogP) is 3.32. The molecule has 1 unspecified atom stereocenters. The van der Waals surface area contributed by atoms with Crippen LogP contribution in [0.25, 0.3) is 28.1 Å². The third-order valence-corrected chi connectivity index (χ3v) is 7.40. The smallest absolute Gasteiger partial charge is 0.268 e. The number of nitrogens with two attached hydrogens (primary N) is 1. The van der Waals surface area contributed by atoms with Crippen LogP contribution in [0.5, 0.6) is 5.88 Å². The Kier molecular flexibility index (Phi) is 5.69. The van der Waals surface area contributed by atoms with E-state index < -0.39 is 0 Å². The molecular weight excluding hydrogens is 454 g/mol. The van der Waals surface area contributed by atoms with Crippen LogP contribution in [0, 0.1) is 12.8 Å². The molecule has 4 aromatic rings. The highest BCUT2D eigenvalue weighted by Gasteiger charge is 2.28. The number of methoxy groups -OCH3 is 1. The molecule has 0 bridgehead atoms. The number of aromatic nitrogens is 4. The summed E-state index contributed by atoms with van der Waals surface area (Å²) >= 11 is 0. The molecule has 2 fully saturated rings. The summed E-state index contributed by atoms with van der Waals surface area (Å²) in [5, 5.41) is 2.72. The third kappa shape index (κ3) is 3.92. The van der Waals surface area contributed by atoms with E-state index in [9.17, 15) is 4.79 Å². The monoisotopic (exact) mass is 487 g/mol. The van der Waals surface area contributed by atoms with Crippen LogP contribution in [0.2, 0.25) is 0 Å². The number of carbonyl (C=O) groups is 1. The molecule has 1 saturated heterocycles. The van der Waals surface area contributed by atoms with Crippen molar-refractivity contribution in [3.05, 3.63) is 47.3 Å². The van der Waals surface area contributed by atoms with Crippen LogP contribution >= 0.6 is 0 Å². The first-order valence-corrected chi connectivity index (χ1v) is 12.8. The largest absolute Gasteiger partial charge is 0.482 e. The van der Waals surface area contributed by atoms with Crippen LogP contribution < -0.4 is 15.9 Å². The number of fused-ring (bicyclic) bond motifs is 2. The average Bonchev–Trinajstić information content (AvgIpc) is 3.56. The molecule has 0 aromatic carbocycles. The lowest BCUT2D eigenvalue weighted by Crippen LogP contribution is -2.54. The molecular formula is C27H33N7O2. The molecule has 0 spiro atoms. The van der Waals surface area contributed by atoms with Gasteiger partial charge in [-0.05, 0) is 62.8 Å². The van der Waals surface area contributed by atoms with Crippen LogP contribution in [0.4, 0.5) is 0 Å². The van der Waals surface area contributed by atoms with Crippen molar-refractivity contribution < 1.29 is 9.53 Å². The second-order valence-corrected chi connectivity index (χ2v) is 10.1. The molecule has 4 aromatic heterocycles. The highest BCUT2D eigenvalue weighted by atomic mass is 16.5. The number of rotatable bonds is 6. The molecule has 1 aliphatic carbocycles. The minimum atomic E-state index is -0.132. The predicted molar refractivity (Wildman–Crippen MR) is 139 cm³/mol. The minimum absolute atomic E-state index is 0.0312. The van der Waals surface area contributed by atoms with Crippen LogP contribution in [0.1, 0.15) is 47.9 Å². The zero-order valence-electron chi connectivity index (χ0n) is 21.1. The minimum Gasteiger partial charge on any atom is -0.482 e. The van der Waals surface area contributed by atoms with E-state index in [4.69, 9.17) is 20.4 Å². The van der Waals surface area contributed by atoms with Gasteiger partial charge in [-0.25, -0.2) is 15.4 Å². The van der Waals surface area contributed by atoms with Gasteiger partial charge in [0.2, 0.25) is 0 Å². The first kappa shape index (κ1) is 23.0. The maximum atomic E-state index is 13.3. The fourth-order valence-corrected chi connectivity index (χ4v) is 5.18. The van der Waals surface area contributed by atoms with Gasteiger partial charge in [-0.3, -0.25) is 14.2 Å². The number of pyridine rings is 2. The lowest BCUT2D eigenvalue weighted by Gasteiger charge is -2.31. The summed E-state index contributed by atoms with van der Waals surface area (Å²) in [6.07, 6.45) is 4.25. The number of hydrogen-bond acceptors (Lipinski definition) is 6. The Morgan fingerprint density at radius 2 is 2.03 bits per heavy atom. The van der Waals surface area contributed by atoms with Gasteiger partial charge in [-0.2, -0.15) is 0 Å². The molecule has 0 radical (unpaired) electrons. The van der Waals surface area contributed by atoms with Crippen LogP contribution in [-0.4, -0.2) is 56.1 Å². The van der Waals surface area contributed by atoms with Crippen molar-refractivity contribution >= 4 is 22.6 Å². The fraction of sp³-hybridized carbons (Fsp3) is 0.444. The number of nitrogens with one attached hydrogen (secondary N) is 1. The van der Waals surface area contributed by atoms with Crippen molar-refractivity contribution in [2.75, 3.05) is 20.2 Å². The Labute approximate surface area is 210 Å². The van der Waals surface area contributed by atoms with Gasteiger partial charge in [0, 0.05) is 41.8 Å². The molecule has 1 amide bonds. The van der Waals surface area contributed by atoms with Crippen molar-refractivity contribution in [2.45, 2.75) is 52.1 Å². The van der Waals surface area contributed by atoms with E-state index in [0.717, 1.165) is 53.2 Å². The molecule has 1 saturated carbocycles. The summed E-state index contributed by atoms with van der Waals surface area (Å²) in [5.74, 6) is 1.13. The lowest BCUT2D eigenvalue weighted by molar-refractivity contribution is 0.0587. The zero-order valence-corrected chi connectivity index (χ0v) is 21.1. The topological polar surface area (TPSA) is 103 Å². The first-order valence-electron chi connectivity index (χ1n) is 12.8. The van der Waals surface area contributed by atoms with Gasteiger partial charge < -0.3 is 15.0 Å². The Morgan fingerprint density at radius 3 is 2.75 bits per heavy atom. The summed E-state index contributed by atoms with van der Waals surface area (Å²) in [6.45, 7) is 6.27. The summed E-state index contributed by atoms with van der Waals surface area (Å²) in [6, 6.07) is 10.0. The number of nitrogens with zero attached hydrogens (tertiary/aromatic N) is 5. The summed E-state index contributed by atoms with van der Waals surface area (Å²) in [7, 11) is 1.62. The van der Waals surface area contributed by atoms with Gasteiger partial charge in [-0.15, -0.1) is 0 Å². The molecule has 188 valence electrons. The quantitative estimate of drug-likeness (QED) is 0.433. The van der Waals surface area contributed by atoms with Gasteiger partial charge >= 0.3 is 0 Å². The van der Waals surface area contributed by atoms with Crippen LogP contribution in [0.15, 0.2) is 30.3 Å². The van der Waals surface area contributed by atoms with Crippen molar-refractivity contribution in [3.63, 3.8) is 0 Å². The molecule has 1 aliphatic heterocycles. The van der Waals surface area contributed by atoms with Gasteiger partial charge in [-0.1, -0.05) is 6.92 Å². The lowest BCUT2D eigenvalue weighted by atomic mass is 10.1. The molecule has 9 heteroatoms. The first-order chi connectivity index (χ1) is 17.5. The van der Waals surface area contributed by atoms with Crippen molar-refractivity contribution in [3.8, 4) is 17.3 Å². The highest BCUT2D eigenvalue weighted by Crippen LogP contribution is 2.37. The van der Waals surface area contributed by atoms with Crippen LogP contribution in [-0.2, 0) is 13.0 Å². The Bertz CT molecular complexity index is 1470. The Balaban J connectivity index is 1.48. The fourth-order valence-electron chi connectivity index (χ4n) is 5.18. The number of ether oxygens (including phenoxy) is 1. The SMILES string of the molecule is CCc1ccc2cc(-c3nc4cc(C(=O)N5CC(N)CCN5)cc(OC)n4c3C)n(CC3CC3)c2n1. The van der Waals surface area contributed by atoms with E-state index in [1.165, 1.54) is 12.8 Å². The van der Waals surface area contributed by atoms with Gasteiger partial charge in [0.25, 0.3) is 5.91 Å². The molecule has 9 nitrogen and oxygen atoms in total. The molecule has 1 atom stereocenters. The Morgan fingerprint density at radius 1 is 1.19 bits per heavy atom. The molecule has 6 rings (SSSR count). The van der Waals surface area contributed by atoms with E-state index in [-0.39, 0.29) is 11.9 Å². The van der Waals surface area contributed by atoms with Crippen LogP contribution in [0.3, 0.4) is 0 Å². The van der Waals surface area contributed by atoms with E-state index in [1.54, 1.807) is 18.2 Å². The molecule has 5 heterocycles. The summed E-state index contributed by atoms with van der Waals surface area (Å²) in [5.41, 5.74) is 15.5. The van der Waals surface area contributed by atoms with Crippen molar-refractivity contribution in [1.82, 2.24) is 29.4 Å². The number of aryl methyl sites for hydroxylation is 2. The van der Waals surface area contributed by atoms with E-state index in [2.05, 4.69) is 42.0 Å². The van der Waals surface area contributed by atoms with Crippen molar-refractivity contribution in [2.24, 2.45) is 11.7 Å². The maximum absolute atomic E-state index is 13.3. The highest BCUT2D eigenvalue weighted by molar-refractivity contribution is 5.95. The second-order valence-electron chi connectivity index (χ2n) is 10.1. The number of amides is 1. The molecule has 3 N–H and O–H groups in total. The number of hydrazine groups is 1. The molecule has 36 heavy (non-hydrogen) atoms. The van der Waals surface area contributed by atoms with Gasteiger partial charge in [0.15, 0.2) is 5.88 Å². The molecule has 2 aliphatic rings. The number of imidazole rings is 1. The van der Waals surface area contributed by atoms with Gasteiger partial charge in [0.05, 0.1) is 25.0 Å². The van der Waals surface area contributed by atoms with E-state index >= 15 is 0 Å². The van der Waals surface area contributed by atoms with Crippen molar-refractivity contribution in [1.29, 1.82) is 0 Å². The maximum Gasteiger partial charge on any atom is 0.268 e. The Hall–Kier alpha value is -3.43. The van der Waals surface area contributed by atoms with E-state index in [1.807, 2.05) is 10.5 Å². The number of hydrogen-bond donors (Lipinski definition) is 2. The second kappa shape index (κ2) is 8.90. The third-order valence-electron chi connectivity index (χ3n) is 7.40. The average molecular weight is 488 g/mol. The summed E-state index contributed by atoms with van der Waals surface area (Å²) < 4.78 is 10.0. The summed E-state index contributed by atoms with van der Waals surface area (Å²) in [4.78, 5) is 23.3. The zero-order chi connectivity index (χ0) is 25.0. The number of carbonyl (C=O) groups excluding carboxylic acids is 1. The standard InChI is InChI=1S/C27H33N7O2/c1-4-21-8-7-18-11-22(32(26(18)30-21)14-17-5-6-17)25-16(2)34-23(31-25)12-19(13-24(34)36-3)27(35)33-15-20(28)9-10-29-33/h7-8,11-13,17,20,29H,4-6,9-10,14-15,28H2,1-3H3.